The number of hydrogen-bond acceptors (Lipinski definition) is 3. The van der Waals surface area contributed by atoms with Crippen molar-refractivity contribution in [2.24, 2.45) is 5.92 Å². The van der Waals surface area contributed by atoms with Gasteiger partial charge in [-0.25, -0.2) is 0 Å². The Bertz CT molecular complexity index is 788. The molecule has 2 N–H and O–H groups in total. The number of nitrogens with one attached hydrogen (secondary N) is 2. The Morgan fingerprint density at radius 2 is 2.00 bits per heavy atom. The number of hydrogen-bond donors (Lipinski definition) is 2. The molecule has 0 unspecified atom stereocenters. The molecule has 5 nitrogen and oxygen atoms in total. The third kappa shape index (κ3) is 4.61. The average molecular weight is 353 g/mol. The van der Waals surface area contributed by atoms with Crippen LogP contribution in [0.5, 0.6) is 0 Å². The number of benzene rings is 2. The van der Waals surface area contributed by atoms with E-state index < -0.39 is 6.04 Å². The van der Waals surface area contributed by atoms with E-state index in [0.717, 1.165) is 12.1 Å². The second-order valence-corrected chi connectivity index (χ2v) is 7.36. The highest BCUT2D eigenvalue weighted by atomic mass is 16.2. The van der Waals surface area contributed by atoms with E-state index in [1.807, 2.05) is 12.1 Å². The van der Waals surface area contributed by atoms with Crippen LogP contribution in [0, 0.1) is 5.92 Å². The van der Waals surface area contributed by atoms with Crippen LogP contribution in [0.15, 0.2) is 42.5 Å². The highest BCUT2D eigenvalue weighted by Crippen LogP contribution is 2.19. The van der Waals surface area contributed by atoms with E-state index in [-0.39, 0.29) is 18.2 Å². The normalized spacial score (nSPS) is 18.1. The van der Waals surface area contributed by atoms with Gasteiger partial charge in [-0.1, -0.05) is 50.2 Å². The summed E-state index contributed by atoms with van der Waals surface area (Å²) in [4.78, 5) is 26.7. The molecule has 0 radical (unpaired) electrons. The fraction of sp³-hybridized carbons (Fsp3) is 0.429. The summed E-state index contributed by atoms with van der Waals surface area (Å²) in [5, 5.41) is 8.20. The lowest BCUT2D eigenvalue weighted by Crippen LogP contribution is -2.56. The minimum atomic E-state index is -0.414. The summed E-state index contributed by atoms with van der Waals surface area (Å²) in [7, 11) is 0. The first-order valence-electron chi connectivity index (χ1n) is 9.29. The van der Waals surface area contributed by atoms with Crippen LogP contribution in [0.4, 0.5) is 0 Å². The minimum Gasteiger partial charge on any atom is -0.356 e. The first-order chi connectivity index (χ1) is 12.5. The zero-order valence-corrected chi connectivity index (χ0v) is 15.5. The van der Waals surface area contributed by atoms with Crippen molar-refractivity contribution < 1.29 is 9.59 Å². The Kier molecular flexibility index (Phi) is 5.89. The lowest BCUT2D eigenvalue weighted by molar-refractivity contribution is -0.134. The first-order valence-corrected chi connectivity index (χ1v) is 9.29. The molecule has 0 spiro atoms. The number of carbonyl (C=O) groups is 2. The van der Waals surface area contributed by atoms with Gasteiger partial charge in [-0.05, 0) is 28.3 Å². The molecule has 3 rings (SSSR count). The topological polar surface area (TPSA) is 61.4 Å². The lowest BCUT2D eigenvalue weighted by Gasteiger charge is -2.34. The van der Waals surface area contributed by atoms with E-state index in [1.165, 1.54) is 10.8 Å². The molecule has 1 atom stereocenters. The van der Waals surface area contributed by atoms with Crippen LogP contribution in [0.3, 0.4) is 0 Å². The first kappa shape index (κ1) is 18.4. The second-order valence-electron chi connectivity index (χ2n) is 7.36. The minimum absolute atomic E-state index is 0.0586. The summed E-state index contributed by atoms with van der Waals surface area (Å²) in [6, 6.07) is 14.2. The molecule has 0 aromatic heterocycles. The molecule has 2 amide bonds. The molecule has 2 aromatic carbocycles. The zero-order valence-electron chi connectivity index (χ0n) is 15.5. The van der Waals surface area contributed by atoms with Gasteiger partial charge in [0.1, 0.15) is 0 Å². The van der Waals surface area contributed by atoms with Gasteiger partial charge in [-0.3, -0.25) is 14.5 Å². The predicted molar refractivity (Wildman–Crippen MR) is 104 cm³/mol. The number of fused-ring (bicyclic) bond motifs is 1. The molecule has 0 aliphatic carbocycles. The van der Waals surface area contributed by atoms with Gasteiger partial charge in [0, 0.05) is 26.2 Å². The molecule has 138 valence electrons. The third-order valence-electron chi connectivity index (χ3n) is 4.73. The van der Waals surface area contributed by atoms with E-state index in [1.54, 1.807) is 0 Å². The molecule has 0 bridgehead atoms. The van der Waals surface area contributed by atoms with Crippen molar-refractivity contribution in [3.8, 4) is 0 Å². The Balaban J connectivity index is 1.70. The lowest BCUT2D eigenvalue weighted by atomic mass is 10.0. The van der Waals surface area contributed by atoms with Gasteiger partial charge in [0.05, 0.1) is 12.5 Å². The van der Waals surface area contributed by atoms with Crippen molar-refractivity contribution in [3.05, 3.63) is 48.0 Å². The Hall–Kier alpha value is -2.40. The maximum atomic E-state index is 12.3. The average Bonchev–Trinajstić information content (AvgIpc) is 2.63. The number of piperazine rings is 1. The molecule has 1 aliphatic rings. The van der Waals surface area contributed by atoms with Crippen molar-refractivity contribution >= 4 is 22.6 Å². The Morgan fingerprint density at radius 3 is 2.77 bits per heavy atom. The highest BCUT2D eigenvalue weighted by Gasteiger charge is 2.31. The van der Waals surface area contributed by atoms with Gasteiger partial charge < -0.3 is 10.6 Å². The molecular weight excluding hydrogens is 326 g/mol. The van der Waals surface area contributed by atoms with Crippen LogP contribution in [-0.4, -0.2) is 42.4 Å². The van der Waals surface area contributed by atoms with Crippen molar-refractivity contribution in [2.45, 2.75) is 32.9 Å². The van der Waals surface area contributed by atoms with Crippen molar-refractivity contribution in [1.29, 1.82) is 0 Å². The van der Waals surface area contributed by atoms with Gasteiger partial charge in [0.2, 0.25) is 11.8 Å². The van der Waals surface area contributed by atoms with Crippen LogP contribution in [0.2, 0.25) is 0 Å². The van der Waals surface area contributed by atoms with Crippen molar-refractivity contribution in [3.63, 3.8) is 0 Å². The van der Waals surface area contributed by atoms with E-state index in [0.29, 0.717) is 25.6 Å². The molecule has 1 heterocycles. The Morgan fingerprint density at radius 1 is 1.23 bits per heavy atom. The quantitative estimate of drug-likeness (QED) is 0.838. The standard InChI is InChI=1S/C21H27N3O2/c1-15(2)13-23-20(25)12-19-21(26)22-9-10-24(19)14-16-7-8-17-5-3-4-6-18(17)11-16/h3-8,11,15,19H,9-10,12-14H2,1-2H3,(H,22,26)(H,23,25)/t19-/m0/s1. The zero-order chi connectivity index (χ0) is 18.5. The summed E-state index contributed by atoms with van der Waals surface area (Å²) in [6.07, 6.45) is 0.201. The van der Waals surface area contributed by atoms with E-state index in [2.05, 4.69) is 59.7 Å². The van der Waals surface area contributed by atoms with E-state index in [9.17, 15) is 9.59 Å². The second kappa shape index (κ2) is 8.32. The Labute approximate surface area is 154 Å². The fourth-order valence-corrected chi connectivity index (χ4v) is 3.31. The molecule has 1 fully saturated rings. The molecule has 1 saturated heterocycles. The van der Waals surface area contributed by atoms with Crippen molar-refractivity contribution in [2.75, 3.05) is 19.6 Å². The largest absolute Gasteiger partial charge is 0.356 e. The van der Waals surface area contributed by atoms with Gasteiger partial charge in [-0.15, -0.1) is 0 Å². The van der Waals surface area contributed by atoms with Crippen LogP contribution >= 0.6 is 0 Å². The number of carbonyl (C=O) groups excluding carboxylic acids is 2. The summed E-state index contributed by atoms with van der Waals surface area (Å²) in [5.41, 5.74) is 1.16. The maximum Gasteiger partial charge on any atom is 0.237 e. The van der Waals surface area contributed by atoms with E-state index >= 15 is 0 Å². The van der Waals surface area contributed by atoms with E-state index in [4.69, 9.17) is 0 Å². The van der Waals surface area contributed by atoms with Crippen LogP contribution < -0.4 is 10.6 Å². The molecule has 2 aromatic rings. The van der Waals surface area contributed by atoms with Crippen LogP contribution in [0.1, 0.15) is 25.8 Å². The summed E-state index contributed by atoms with van der Waals surface area (Å²) in [6.45, 7) is 6.79. The highest BCUT2D eigenvalue weighted by molar-refractivity contribution is 5.89. The summed E-state index contributed by atoms with van der Waals surface area (Å²) < 4.78 is 0. The van der Waals surface area contributed by atoms with Crippen LogP contribution in [-0.2, 0) is 16.1 Å². The summed E-state index contributed by atoms with van der Waals surface area (Å²) in [5.74, 6) is 0.272. The molecule has 1 aliphatic heterocycles. The van der Waals surface area contributed by atoms with Gasteiger partial charge in [0.15, 0.2) is 0 Å². The molecule has 26 heavy (non-hydrogen) atoms. The number of rotatable bonds is 6. The fourth-order valence-electron chi connectivity index (χ4n) is 3.31. The third-order valence-corrected chi connectivity index (χ3v) is 4.73. The number of amides is 2. The molecule has 0 saturated carbocycles. The number of nitrogens with zero attached hydrogens (tertiary/aromatic N) is 1. The maximum absolute atomic E-state index is 12.3. The molecular formula is C21H27N3O2. The monoisotopic (exact) mass is 353 g/mol. The SMILES string of the molecule is CC(C)CNC(=O)C[C@H]1C(=O)NCCN1Cc1ccc2ccccc2c1. The summed E-state index contributed by atoms with van der Waals surface area (Å²) >= 11 is 0. The predicted octanol–water partition coefficient (Wildman–Crippen LogP) is 2.30. The van der Waals surface area contributed by atoms with Gasteiger partial charge in [-0.2, -0.15) is 0 Å². The van der Waals surface area contributed by atoms with Crippen LogP contribution in [0.25, 0.3) is 10.8 Å². The van der Waals surface area contributed by atoms with Gasteiger partial charge in [0.25, 0.3) is 0 Å². The smallest absolute Gasteiger partial charge is 0.237 e. The molecule has 5 heteroatoms. The van der Waals surface area contributed by atoms with Gasteiger partial charge >= 0.3 is 0 Å². The van der Waals surface area contributed by atoms with Crippen molar-refractivity contribution in [1.82, 2.24) is 15.5 Å².